The molecule has 0 fully saturated rings. The highest BCUT2D eigenvalue weighted by atomic mass is 35.5. The van der Waals surface area contributed by atoms with Gasteiger partial charge in [-0.2, -0.15) is 0 Å². The Labute approximate surface area is 124 Å². The van der Waals surface area contributed by atoms with E-state index >= 15 is 0 Å². The summed E-state index contributed by atoms with van der Waals surface area (Å²) >= 11 is 6.50. The van der Waals surface area contributed by atoms with Gasteiger partial charge in [0.15, 0.2) is 0 Å². The molecule has 2 rings (SSSR count). The second-order valence-electron chi connectivity index (χ2n) is 4.00. The number of nitrogens with one attached hydrogen (secondary N) is 1. The summed E-state index contributed by atoms with van der Waals surface area (Å²) < 4.78 is 26.6. The lowest BCUT2D eigenvalue weighted by Gasteiger charge is -2.06. The van der Waals surface area contributed by atoms with Crippen LogP contribution in [0.4, 0.5) is 5.69 Å². The van der Waals surface area contributed by atoms with E-state index in [1.54, 1.807) is 25.1 Å². The Morgan fingerprint density at radius 3 is 2.60 bits per heavy atom. The van der Waals surface area contributed by atoms with Crippen LogP contribution in [0.15, 0.2) is 34.5 Å². The zero-order valence-electron chi connectivity index (χ0n) is 10.3. The molecule has 0 aliphatic carbocycles. The Balaban J connectivity index is 2.36. The van der Waals surface area contributed by atoms with E-state index in [4.69, 9.17) is 16.7 Å². The zero-order chi connectivity index (χ0) is 14.9. The monoisotopic (exact) mass is 331 g/mol. The number of aromatic carboxylic acids is 1. The van der Waals surface area contributed by atoms with Gasteiger partial charge in [-0.3, -0.25) is 4.72 Å². The fourth-order valence-corrected chi connectivity index (χ4v) is 4.17. The molecule has 1 aromatic carbocycles. The normalized spacial score (nSPS) is 11.3. The average Bonchev–Trinajstić information content (AvgIpc) is 2.71. The molecule has 0 bridgehead atoms. The molecular weight excluding hydrogens is 322 g/mol. The van der Waals surface area contributed by atoms with Crippen LogP contribution < -0.4 is 4.72 Å². The molecule has 5 nitrogen and oxygen atoms in total. The molecule has 2 aromatic rings. The highest BCUT2D eigenvalue weighted by molar-refractivity contribution is 7.94. The molecule has 0 aliphatic rings. The predicted molar refractivity (Wildman–Crippen MR) is 78.3 cm³/mol. The number of hydrogen-bond donors (Lipinski definition) is 2. The lowest BCUT2D eigenvalue weighted by atomic mass is 10.3. The quantitative estimate of drug-likeness (QED) is 0.901. The van der Waals surface area contributed by atoms with Gasteiger partial charge in [0.2, 0.25) is 0 Å². The number of sulfonamides is 1. The molecule has 0 amide bonds. The van der Waals surface area contributed by atoms with E-state index in [1.165, 1.54) is 12.1 Å². The summed E-state index contributed by atoms with van der Waals surface area (Å²) in [7, 11) is -3.82. The maximum absolute atomic E-state index is 12.2. The third-order valence-corrected chi connectivity index (χ3v) is 5.75. The first-order valence-corrected chi connectivity index (χ1v) is 8.09. The molecular formula is C12H10ClNO4S2. The minimum atomic E-state index is -3.82. The lowest BCUT2D eigenvalue weighted by Crippen LogP contribution is -2.11. The number of anilines is 1. The van der Waals surface area contributed by atoms with Crippen molar-refractivity contribution in [1.82, 2.24) is 0 Å². The fourth-order valence-electron chi connectivity index (χ4n) is 1.56. The van der Waals surface area contributed by atoms with Crippen molar-refractivity contribution in [1.29, 1.82) is 0 Å². The van der Waals surface area contributed by atoms with Crippen LogP contribution in [0.5, 0.6) is 0 Å². The number of rotatable bonds is 4. The molecule has 0 aliphatic heterocycles. The third-order valence-electron chi connectivity index (χ3n) is 2.43. The summed E-state index contributed by atoms with van der Waals surface area (Å²) in [6.07, 6.45) is 0. The van der Waals surface area contributed by atoms with Crippen molar-refractivity contribution in [3.8, 4) is 0 Å². The number of thiophene rings is 1. The Kier molecular flexibility index (Phi) is 4.03. The number of carboxylic acid groups (broad SMARTS) is 1. The summed E-state index contributed by atoms with van der Waals surface area (Å²) in [5.41, 5.74) is 0.731. The SMILES string of the molecule is Cc1cc(S(=O)(=O)Nc2cccc(Cl)c2)sc1C(=O)O. The van der Waals surface area contributed by atoms with Crippen molar-refractivity contribution >= 4 is 44.6 Å². The van der Waals surface area contributed by atoms with E-state index in [0.29, 0.717) is 27.6 Å². The molecule has 0 atom stereocenters. The van der Waals surface area contributed by atoms with E-state index in [1.807, 2.05) is 0 Å². The van der Waals surface area contributed by atoms with Crippen molar-refractivity contribution in [2.45, 2.75) is 11.1 Å². The predicted octanol–water partition coefficient (Wildman–Crippen LogP) is 3.21. The van der Waals surface area contributed by atoms with Gasteiger partial charge in [-0.05, 0) is 36.8 Å². The van der Waals surface area contributed by atoms with Crippen LogP contribution >= 0.6 is 22.9 Å². The molecule has 0 spiro atoms. The van der Waals surface area contributed by atoms with Crippen LogP contribution in [0, 0.1) is 6.92 Å². The molecule has 0 saturated carbocycles. The van der Waals surface area contributed by atoms with Gasteiger partial charge in [0.25, 0.3) is 10.0 Å². The van der Waals surface area contributed by atoms with Crippen molar-refractivity contribution in [2.75, 3.05) is 4.72 Å². The third kappa shape index (κ3) is 3.12. The van der Waals surface area contributed by atoms with E-state index in [2.05, 4.69) is 4.72 Å². The number of carbonyl (C=O) groups is 1. The van der Waals surface area contributed by atoms with Crippen LogP contribution in [0.3, 0.4) is 0 Å². The number of halogens is 1. The van der Waals surface area contributed by atoms with Crippen molar-refractivity contribution in [2.24, 2.45) is 0 Å². The molecule has 0 radical (unpaired) electrons. The van der Waals surface area contributed by atoms with Gasteiger partial charge in [0, 0.05) is 5.02 Å². The molecule has 0 unspecified atom stereocenters. The van der Waals surface area contributed by atoms with Crippen molar-refractivity contribution in [3.05, 3.63) is 45.8 Å². The van der Waals surface area contributed by atoms with Crippen molar-refractivity contribution < 1.29 is 18.3 Å². The molecule has 8 heteroatoms. The molecule has 0 saturated heterocycles. The number of aryl methyl sites for hydroxylation is 1. The first-order valence-electron chi connectivity index (χ1n) is 5.42. The molecule has 2 N–H and O–H groups in total. The van der Waals surface area contributed by atoms with E-state index in [-0.39, 0.29) is 9.09 Å². The Hall–Kier alpha value is -1.57. The standard InChI is InChI=1S/C12H10ClNO4S2/c1-7-5-10(19-11(7)12(15)16)20(17,18)14-9-4-2-3-8(13)6-9/h2-6,14H,1H3,(H,15,16). The molecule has 1 heterocycles. The van der Waals surface area contributed by atoms with Crippen LogP contribution in [0.25, 0.3) is 0 Å². The van der Waals surface area contributed by atoms with E-state index in [9.17, 15) is 13.2 Å². The number of benzene rings is 1. The highest BCUT2D eigenvalue weighted by Crippen LogP contribution is 2.28. The summed E-state index contributed by atoms with van der Waals surface area (Å²) in [5.74, 6) is -1.14. The Morgan fingerprint density at radius 2 is 2.05 bits per heavy atom. The minimum absolute atomic E-state index is 0.0106. The smallest absolute Gasteiger partial charge is 0.346 e. The summed E-state index contributed by atoms with van der Waals surface area (Å²) in [6.45, 7) is 1.55. The van der Waals surface area contributed by atoms with Gasteiger partial charge >= 0.3 is 5.97 Å². The second-order valence-corrected chi connectivity index (χ2v) is 7.40. The highest BCUT2D eigenvalue weighted by Gasteiger charge is 2.21. The maximum Gasteiger partial charge on any atom is 0.346 e. The average molecular weight is 332 g/mol. The largest absolute Gasteiger partial charge is 0.477 e. The van der Waals surface area contributed by atoms with Gasteiger partial charge in [0.1, 0.15) is 9.09 Å². The molecule has 106 valence electrons. The van der Waals surface area contributed by atoms with E-state index < -0.39 is 16.0 Å². The van der Waals surface area contributed by atoms with Crippen LogP contribution in [0.1, 0.15) is 15.2 Å². The van der Waals surface area contributed by atoms with Crippen LogP contribution in [-0.2, 0) is 10.0 Å². The number of hydrogen-bond acceptors (Lipinski definition) is 4. The van der Waals surface area contributed by atoms with Gasteiger partial charge < -0.3 is 5.11 Å². The zero-order valence-corrected chi connectivity index (χ0v) is 12.6. The van der Waals surface area contributed by atoms with Gasteiger partial charge in [-0.1, -0.05) is 17.7 Å². The summed E-state index contributed by atoms with van der Waals surface area (Å²) in [4.78, 5) is 11.0. The van der Waals surface area contributed by atoms with E-state index in [0.717, 1.165) is 0 Å². The van der Waals surface area contributed by atoms with Gasteiger partial charge in [0.05, 0.1) is 5.69 Å². The van der Waals surface area contributed by atoms with Gasteiger partial charge in [-0.15, -0.1) is 11.3 Å². The topological polar surface area (TPSA) is 83.5 Å². The second kappa shape index (κ2) is 5.43. The minimum Gasteiger partial charge on any atom is -0.477 e. The summed E-state index contributed by atoms with van der Waals surface area (Å²) in [6, 6.07) is 7.60. The van der Waals surface area contributed by atoms with Crippen molar-refractivity contribution in [3.63, 3.8) is 0 Å². The Bertz CT molecular complexity index is 768. The first-order chi connectivity index (χ1) is 9.29. The fraction of sp³-hybridized carbons (Fsp3) is 0.0833. The van der Waals surface area contributed by atoms with Crippen LogP contribution in [-0.4, -0.2) is 19.5 Å². The molecule has 20 heavy (non-hydrogen) atoms. The lowest BCUT2D eigenvalue weighted by molar-refractivity contribution is 0.0701. The molecule has 1 aromatic heterocycles. The summed E-state index contributed by atoms with van der Waals surface area (Å²) in [5, 5.41) is 9.35. The first kappa shape index (κ1) is 14.8. The number of carboxylic acids is 1. The van der Waals surface area contributed by atoms with Gasteiger partial charge in [-0.25, -0.2) is 13.2 Å². The van der Waals surface area contributed by atoms with Crippen LogP contribution in [0.2, 0.25) is 5.02 Å². The maximum atomic E-state index is 12.2. The Morgan fingerprint density at radius 1 is 1.35 bits per heavy atom.